The molecule has 1 unspecified atom stereocenters. The summed E-state index contributed by atoms with van der Waals surface area (Å²) in [4.78, 5) is 24.3. The maximum atomic E-state index is 12.2. The topological polar surface area (TPSA) is 83.3 Å². The molecule has 0 amide bonds. The second kappa shape index (κ2) is 6.27. The lowest BCUT2D eigenvalue weighted by atomic mass is 9.81. The fourth-order valence-electron chi connectivity index (χ4n) is 2.81. The van der Waals surface area contributed by atoms with Crippen LogP contribution in [0.3, 0.4) is 0 Å². The molecule has 3 rings (SSSR count). The second-order valence-electron chi connectivity index (χ2n) is 5.75. The summed E-state index contributed by atoms with van der Waals surface area (Å²) in [5, 5.41) is 8.12. The van der Waals surface area contributed by atoms with Gasteiger partial charge in [0.25, 0.3) is 0 Å². The largest absolute Gasteiger partial charge is 0.468 e. The minimum atomic E-state index is -1.43. The summed E-state index contributed by atoms with van der Waals surface area (Å²) >= 11 is 0. The van der Waals surface area contributed by atoms with Crippen LogP contribution in [0, 0.1) is 5.41 Å². The van der Waals surface area contributed by atoms with Crippen molar-refractivity contribution >= 4 is 11.9 Å². The number of benzene rings is 1. The van der Waals surface area contributed by atoms with Gasteiger partial charge in [0.15, 0.2) is 5.41 Å². The molecule has 0 saturated carbocycles. The van der Waals surface area contributed by atoms with E-state index in [2.05, 4.69) is 16.9 Å². The third-order valence-corrected chi connectivity index (χ3v) is 3.96. The Morgan fingerprint density at radius 2 is 2.17 bits per heavy atom. The third kappa shape index (κ3) is 2.92. The molecule has 7 nitrogen and oxygen atoms in total. The molecular weight excluding hydrogens is 310 g/mol. The molecule has 0 bridgehead atoms. The highest BCUT2D eigenvalue weighted by Gasteiger charge is 2.54. The van der Waals surface area contributed by atoms with Gasteiger partial charge in [0.1, 0.15) is 5.76 Å². The number of nitrogens with zero attached hydrogens (tertiary/aromatic N) is 3. The van der Waals surface area contributed by atoms with Crippen LogP contribution < -0.4 is 0 Å². The van der Waals surface area contributed by atoms with E-state index < -0.39 is 17.4 Å². The molecule has 7 heteroatoms. The highest BCUT2D eigenvalue weighted by molar-refractivity contribution is 6.02. The molecule has 1 aromatic carbocycles. The lowest BCUT2D eigenvalue weighted by molar-refractivity contribution is -0.162. The van der Waals surface area contributed by atoms with Crippen LogP contribution in [0.2, 0.25) is 0 Å². The number of carbonyl (C=O) groups excluding carboxylic acids is 2. The smallest absolute Gasteiger partial charge is 0.329 e. The zero-order chi connectivity index (χ0) is 17.2. The number of methoxy groups -OCH3 is 1. The molecule has 1 aliphatic heterocycles. The Balaban J connectivity index is 1.80. The molecule has 24 heavy (non-hydrogen) atoms. The van der Waals surface area contributed by atoms with Crippen molar-refractivity contribution in [2.45, 2.75) is 19.4 Å². The summed E-state index contributed by atoms with van der Waals surface area (Å²) in [5.41, 5.74) is 0.160. The number of hydrogen-bond donors (Lipinski definition) is 0. The van der Waals surface area contributed by atoms with E-state index >= 15 is 0 Å². The van der Waals surface area contributed by atoms with Crippen molar-refractivity contribution < 1.29 is 19.1 Å². The van der Waals surface area contributed by atoms with E-state index in [1.165, 1.54) is 7.11 Å². The molecule has 1 aliphatic rings. The van der Waals surface area contributed by atoms with Crippen molar-refractivity contribution in [1.82, 2.24) is 15.0 Å². The number of hydrogen-bond acceptors (Lipinski definition) is 6. The molecule has 2 heterocycles. The number of rotatable bonds is 5. The van der Waals surface area contributed by atoms with Crippen LogP contribution >= 0.6 is 0 Å². The maximum Gasteiger partial charge on any atom is 0.329 e. The van der Waals surface area contributed by atoms with E-state index in [4.69, 9.17) is 9.47 Å². The van der Waals surface area contributed by atoms with E-state index in [-0.39, 0.29) is 18.6 Å². The molecule has 0 radical (unpaired) electrons. The van der Waals surface area contributed by atoms with Crippen LogP contribution in [0.5, 0.6) is 0 Å². The zero-order valence-electron chi connectivity index (χ0n) is 13.3. The van der Waals surface area contributed by atoms with Crippen LogP contribution in [0.4, 0.5) is 0 Å². The first-order chi connectivity index (χ1) is 11.5. The standard InChI is InChI=1S/C17H17N3O4/c1-12-8-17(15(21)23-2,16(22)24-12)9-14-11-20(19-18-14)10-13-6-4-3-5-7-13/h3-7,11H,1,8-10H2,2H3. The molecule has 1 aromatic heterocycles. The lowest BCUT2D eigenvalue weighted by Gasteiger charge is -2.19. The summed E-state index contributed by atoms with van der Waals surface area (Å²) < 4.78 is 11.4. The van der Waals surface area contributed by atoms with Crippen molar-refractivity contribution in [1.29, 1.82) is 0 Å². The molecule has 0 N–H and O–H groups in total. The van der Waals surface area contributed by atoms with Crippen molar-refractivity contribution in [2.75, 3.05) is 7.11 Å². The Morgan fingerprint density at radius 1 is 1.42 bits per heavy atom. The lowest BCUT2D eigenvalue weighted by Crippen LogP contribution is -2.39. The van der Waals surface area contributed by atoms with Gasteiger partial charge in [-0.1, -0.05) is 42.1 Å². The Morgan fingerprint density at radius 3 is 2.79 bits per heavy atom. The molecule has 1 atom stereocenters. The van der Waals surface area contributed by atoms with Crippen LogP contribution in [-0.2, 0) is 32.0 Å². The van der Waals surface area contributed by atoms with Crippen LogP contribution in [0.15, 0.2) is 48.9 Å². The molecule has 2 aromatic rings. The number of allylic oxidation sites excluding steroid dienone is 1. The number of cyclic esters (lactones) is 1. The molecule has 0 spiro atoms. The monoisotopic (exact) mass is 327 g/mol. The summed E-state index contributed by atoms with van der Waals surface area (Å²) in [6.07, 6.45) is 1.86. The van der Waals surface area contributed by atoms with Crippen LogP contribution in [0.1, 0.15) is 17.7 Å². The normalized spacial score (nSPS) is 20.0. The van der Waals surface area contributed by atoms with E-state index in [0.717, 1.165) is 5.56 Å². The van der Waals surface area contributed by atoms with Gasteiger partial charge in [-0.25, -0.2) is 4.68 Å². The fourth-order valence-corrected chi connectivity index (χ4v) is 2.81. The Labute approximate surface area is 138 Å². The summed E-state index contributed by atoms with van der Waals surface area (Å²) in [5.74, 6) is -1.05. The van der Waals surface area contributed by atoms with Crippen LogP contribution in [0.25, 0.3) is 0 Å². The SMILES string of the molecule is C=C1CC(Cc2cn(Cc3ccccc3)nn2)(C(=O)OC)C(=O)O1. The maximum absolute atomic E-state index is 12.2. The summed E-state index contributed by atoms with van der Waals surface area (Å²) in [7, 11) is 1.24. The summed E-state index contributed by atoms with van der Waals surface area (Å²) in [6.45, 7) is 4.18. The molecule has 1 saturated heterocycles. The summed E-state index contributed by atoms with van der Waals surface area (Å²) in [6, 6.07) is 9.79. The first-order valence-electron chi connectivity index (χ1n) is 7.45. The highest BCUT2D eigenvalue weighted by Crippen LogP contribution is 2.39. The van der Waals surface area contributed by atoms with Gasteiger partial charge in [-0.05, 0) is 5.56 Å². The Kier molecular flexibility index (Phi) is 4.16. The van der Waals surface area contributed by atoms with Gasteiger partial charge in [-0.2, -0.15) is 0 Å². The minimum absolute atomic E-state index is 0.0618. The van der Waals surface area contributed by atoms with Gasteiger partial charge in [0, 0.05) is 19.0 Å². The van der Waals surface area contributed by atoms with E-state index in [9.17, 15) is 9.59 Å². The van der Waals surface area contributed by atoms with E-state index in [1.807, 2.05) is 30.3 Å². The third-order valence-electron chi connectivity index (χ3n) is 3.96. The highest BCUT2D eigenvalue weighted by atomic mass is 16.6. The molecule has 124 valence electrons. The predicted octanol–water partition coefficient (Wildman–Crippen LogP) is 1.49. The predicted molar refractivity (Wildman–Crippen MR) is 83.6 cm³/mol. The number of ether oxygens (including phenoxy) is 2. The average molecular weight is 327 g/mol. The van der Waals surface area contributed by atoms with E-state index in [0.29, 0.717) is 12.2 Å². The number of carbonyl (C=O) groups is 2. The quantitative estimate of drug-likeness (QED) is 0.611. The average Bonchev–Trinajstić information content (AvgIpc) is 3.12. The van der Waals surface area contributed by atoms with Crippen LogP contribution in [-0.4, -0.2) is 34.0 Å². The van der Waals surface area contributed by atoms with Crippen molar-refractivity contribution in [2.24, 2.45) is 5.41 Å². The van der Waals surface area contributed by atoms with Gasteiger partial charge in [0.2, 0.25) is 0 Å². The van der Waals surface area contributed by atoms with Gasteiger partial charge in [-0.15, -0.1) is 5.10 Å². The Hall–Kier alpha value is -2.96. The van der Waals surface area contributed by atoms with Crippen molar-refractivity contribution in [3.8, 4) is 0 Å². The Bertz CT molecular complexity index is 784. The fraction of sp³-hybridized carbons (Fsp3) is 0.294. The number of esters is 2. The first kappa shape index (κ1) is 15.9. The van der Waals surface area contributed by atoms with Gasteiger partial charge < -0.3 is 9.47 Å². The van der Waals surface area contributed by atoms with E-state index in [1.54, 1.807) is 10.9 Å². The zero-order valence-corrected chi connectivity index (χ0v) is 13.3. The molecule has 0 aliphatic carbocycles. The van der Waals surface area contributed by atoms with Crippen molar-refractivity contribution in [3.05, 3.63) is 60.1 Å². The molecular formula is C17H17N3O4. The minimum Gasteiger partial charge on any atom is -0.468 e. The van der Waals surface area contributed by atoms with Crippen molar-refractivity contribution in [3.63, 3.8) is 0 Å². The van der Waals surface area contributed by atoms with Gasteiger partial charge in [0.05, 0.1) is 19.3 Å². The first-order valence-corrected chi connectivity index (χ1v) is 7.45. The molecule has 1 fully saturated rings. The number of aromatic nitrogens is 3. The van der Waals surface area contributed by atoms with Gasteiger partial charge >= 0.3 is 11.9 Å². The second-order valence-corrected chi connectivity index (χ2v) is 5.75. The van der Waals surface area contributed by atoms with Gasteiger partial charge in [-0.3, -0.25) is 9.59 Å².